The van der Waals surface area contributed by atoms with Crippen LogP contribution in [0.4, 0.5) is 5.69 Å². The van der Waals surface area contributed by atoms with Crippen LogP contribution in [0, 0.1) is 12.8 Å². The molecule has 0 saturated heterocycles. The van der Waals surface area contributed by atoms with Crippen LogP contribution in [0.5, 0.6) is 0 Å². The zero-order chi connectivity index (χ0) is 13.7. The molecule has 0 aromatic heterocycles. The summed E-state index contributed by atoms with van der Waals surface area (Å²) in [5.74, 6) is 0.281. The smallest absolute Gasteiger partial charge is 0.226 e. The van der Waals surface area contributed by atoms with Crippen molar-refractivity contribution in [2.75, 3.05) is 11.9 Å². The number of benzene rings is 1. The molecule has 0 aliphatic rings. The molecule has 3 nitrogen and oxygen atoms in total. The normalized spacial score (nSPS) is 12.0. The van der Waals surface area contributed by atoms with Crippen molar-refractivity contribution >= 4 is 17.4 Å². The Hall–Kier alpha value is -1.64. The molecule has 1 amide bonds. The summed E-state index contributed by atoms with van der Waals surface area (Å²) in [6.45, 7) is 5.51. The third-order valence-electron chi connectivity index (χ3n) is 2.95. The van der Waals surface area contributed by atoms with E-state index in [0.29, 0.717) is 12.8 Å². The molecule has 0 saturated carbocycles. The van der Waals surface area contributed by atoms with Crippen molar-refractivity contribution in [1.82, 2.24) is 0 Å². The number of carbonyl (C=O) groups excluding carboxylic acids is 2. The number of amides is 1. The van der Waals surface area contributed by atoms with Crippen LogP contribution in [0.25, 0.3) is 0 Å². The quantitative estimate of drug-likeness (QED) is 0.802. The van der Waals surface area contributed by atoms with E-state index in [1.165, 1.54) is 5.56 Å². The average Bonchev–Trinajstić information content (AvgIpc) is 2.27. The van der Waals surface area contributed by atoms with Crippen LogP contribution < -0.4 is 4.90 Å². The molecule has 0 heterocycles. The van der Waals surface area contributed by atoms with Gasteiger partial charge in [-0.05, 0) is 31.9 Å². The number of ketones is 1. The molecule has 0 N–H and O–H groups in total. The van der Waals surface area contributed by atoms with E-state index in [4.69, 9.17) is 0 Å². The molecule has 0 fully saturated rings. The highest BCUT2D eigenvalue weighted by molar-refractivity contribution is 5.93. The summed E-state index contributed by atoms with van der Waals surface area (Å²) in [5.41, 5.74) is 2.06. The summed E-state index contributed by atoms with van der Waals surface area (Å²) >= 11 is 0. The molecule has 0 spiro atoms. The van der Waals surface area contributed by atoms with Gasteiger partial charge in [-0.15, -0.1) is 0 Å². The van der Waals surface area contributed by atoms with E-state index in [2.05, 4.69) is 0 Å². The van der Waals surface area contributed by atoms with Crippen molar-refractivity contribution in [3.05, 3.63) is 29.8 Å². The first-order valence-corrected chi connectivity index (χ1v) is 6.22. The van der Waals surface area contributed by atoms with Crippen molar-refractivity contribution < 1.29 is 9.59 Å². The average molecular weight is 247 g/mol. The van der Waals surface area contributed by atoms with Gasteiger partial charge in [0.2, 0.25) is 5.91 Å². The Labute approximate surface area is 109 Å². The van der Waals surface area contributed by atoms with Gasteiger partial charge in [-0.1, -0.05) is 24.6 Å². The Bertz CT molecular complexity index is 423. The summed E-state index contributed by atoms with van der Waals surface area (Å²) in [6.07, 6.45) is 0.872. The van der Waals surface area contributed by atoms with Crippen LogP contribution in [-0.4, -0.2) is 18.7 Å². The molecule has 98 valence electrons. The highest BCUT2D eigenvalue weighted by Gasteiger charge is 2.15. The molecule has 0 aliphatic heterocycles. The predicted molar refractivity (Wildman–Crippen MR) is 73.7 cm³/mol. The number of nitrogens with zero attached hydrogens (tertiary/aromatic N) is 1. The Morgan fingerprint density at radius 2 is 1.72 bits per heavy atom. The van der Waals surface area contributed by atoms with E-state index in [-0.39, 0.29) is 17.6 Å². The van der Waals surface area contributed by atoms with Gasteiger partial charge >= 0.3 is 0 Å². The number of hydrogen-bond donors (Lipinski definition) is 0. The van der Waals surface area contributed by atoms with E-state index >= 15 is 0 Å². The molecule has 1 aromatic carbocycles. The molecule has 1 atom stereocenters. The fourth-order valence-electron chi connectivity index (χ4n) is 1.91. The first-order valence-electron chi connectivity index (χ1n) is 6.22. The van der Waals surface area contributed by atoms with Crippen molar-refractivity contribution in [3.8, 4) is 0 Å². The summed E-state index contributed by atoms with van der Waals surface area (Å²) in [5, 5.41) is 0. The number of anilines is 1. The van der Waals surface area contributed by atoms with Crippen molar-refractivity contribution in [3.63, 3.8) is 0 Å². The molecule has 18 heavy (non-hydrogen) atoms. The summed E-state index contributed by atoms with van der Waals surface area (Å²) in [7, 11) is 1.77. The van der Waals surface area contributed by atoms with Gasteiger partial charge in [0.05, 0.1) is 0 Å². The second kappa shape index (κ2) is 6.34. The van der Waals surface area contributed by atoms with Crippen LogP contribution in [0.1, 0.15) is 32.3 Å². The van der Waals surface area contributed by atoms with E-state index in [9.17, 15) is 9.59 Å². The highest BCUT2D eigenvalue weighted by Crippen LogP contribution is 2.17. The zero-order valence-electron chi connectivity index (χ0n) is 11.6. The lowest BCUT2D eigenvalue weighted by Crippen LogP contribution is -2.28. The second-order valence-electron chi connectivity index (χ2n) is 5.00. The lowest BCUT2D eigenvalue weighted by molar-refractivity contribution is -0.120. The third-order valence-corrected chi connectivity index (χ3v) is 2.95. The Kier molecular flexibility index (Phi) is 5.08. The molecule has 1 unspecified atom stereocenters. The van der Waals surface area contributed by atoms with Gasteiger partial charge in [0, 0.05) is 25.6 Å². The maximum absolute atomic E-state index is 12.0. The lowest BCUT2D eigenvalue weighted by Gasteiger charge is -2.19. The number of rotatable bonds is 5. The minimum absolute atomic E-state index is 0.0487. The monoisotopic (exact) mass is 247 g/mol. The van der Waals surface area contributed by atoms with E-state index in [0.717, 1.165) is 5.69 Å². The molecular weight excluding hydrogens is 226 g/mol. The van der Waals surface area contributed by atoms with Gasteiger partial charge in [-0.25, -0.2) is 0 Å². The largest absolute Gasteiger partial charge is 0.315 e. The van der Waals surface area contributed by atoms with Crippen LogP contribution in [0.15, 0.2) is 24.3 Å². The first-order chi connectivity index (χ1) is 8.40. The number of Topliss-reactive ketones (excluding diaryl/α,β-unsaturated/α-hetero) is 1. The topological polar surface area (TPSA) is 37.4 Å². The van der Waals surface area contributed by atoms with Crippen molar-refractivity contribution in [1.29, 1.82) is 0 Å². The molecule has 0 radical (unpaired) electrons. The summed E-state index contributed by atoms with van der Waals surface area (Å²) in [4.78, 5) is 24.7. The summed E-state index contributed by atoms with van der Waals surface area (Å²) in [6, 6.07) is 7.84. The van der Waals surface area contributed by atoms with E-state index in [1.807, 2.05) is 38.1 Å². The third kappa shape index (κ3) is 4.32. The van der Waals surface area contributed by atoms with Crippen molar-refractivity contribution in [2.45, 2.75) is 33.6 Å². The Morgan fingerprint density at radius 3 is 2.22 bits per heavy atom. The standard InChI is InChI=1S/C15H21NO2/c1-11-5-7-14(8-6-11)16(4)15(18)10-12(2)9-13(3)17/h5-8,12H,9-10H2,1-4H3. The maximum atomic E-state index is 12.0. The molecule has 1 rings (SSSR count). The molecule has 1 aromatic rings. The summed E-state index contributed by atoms with van der Waals surface area (Å²) < 4.78 is 0. The van der Waals surface area contributed by atoms with Crippen LogP contribution in [0.2, 0.25) is 0 Å². The second-order valence-corrected chi connectivity index (χ2v) is 5.00. The van der Waals surface area contributed by atoms with Crippen LogP contribution in [-0.2, 0) is 9.59 Å². The van der Waals surface area contributed by atoms with Gasteiger partial charge < -0.3 is 9.69 Å². The van der Waals surface area contributed by atoms with E-state index in [1.54, 1.807) is 18.9 Å². The fraction of sp³-hybridized carbons (Fsp3) is 0.467. The maximum Gasteiger partial charge on any atom is 0.226 e. The SMILES string of the molecule is CC(=O)CC(C)CC(=O)N(C)c1ccc(C)cc1. The van der Waals surface area contributed by atoms with Gasteiger partial charge in [-0.2, -0.15) is 0 Å². The van der Waals surface area contributed by atoms with Crippen LogP contribution in [0.3, 0.4) is 0 Å². The van der Waals surface area contributed by atoms with Gasteiger partial charge in [0.1, 0.15) is 5.78 Å². The highest BCUT2D eigenvalue weighted by atomic mass is 16.2. The fourth-order valence-corrected chi connectivity index (χ4v) is 1.91. The molecule has 3 heteroatoms. The lowest BCUT2D eigenvalue weighted by atomic mass is 10.0. The Balaban J connectivity index is 2.61. The Morgan fingerprint density at radius 1 is 1.17 bits per heavy atom. The van der Waals surface area contributed by atoms with Gasteiger partial charge in [0.15, 0.2) is 0 Å². The predicted octanol–water partition coefficient (Wildman–Crippen LogP) is 2.96. The number of hydrogen-bond acceptors (Lipinski definition) is 2. The minimum atomic E-state index is 0.0487. The first kappa shape index (κ1) is 14.4. The van der Waals surface area contributed by atoms with Crippen molar-refractivity contribution in [2.24, 2.45) is 5.92 Å². The number of aryl methyl sites for hydroxylation is 1. The van der Waals surface area contributed by atoms with Gasteiger partial charge in [0.25, 0.3) is 0 Å². The minimum Gasteiger partial charge on any atom is -0.315 e. The zero-order valence-corrected chi connectivity index (χ0v) is 11.6. The molecular formula is C15H21NO2. The van der Waals surface area contributed by atoms with Crippen LogP contribution >= 0.6 is 0 Å². The number of carbonyl (C=O) groups is 2. The van der Waals surface area contributed by atoms with Gasteiger partial charge in [-0.3, -0.25) is 4.79 Å². The van der Waals surface area contributed by atoms with E-state index < -0.39 is 0 Å². The molecule has 0 aliphatic carbocycles. The molecule has 0 bridgehead atoms.